The zero-order valence-corrected chi connectivity index (χ0v) is 20.9. The van der Waals surface area contributed by atoms with Gasteiger partial charge in [-0.2, -0.15) is 0 Å². The van der Waals surface area contributed by atoms with Crippen molar-refractivity contribution in [3.8, 4) is 5.75 Å². The Labute approximate surface area is 211 Å². The van der Waals surface area contributed by atoms with Gasteiger partial charge in [0.25, 0.3) is 0 Å². The van der Waals surface area contributed by atoms with Crippen LogP contribution in [-0.2, 0) is 22.5 Å². The van der Waals surface area contributed by atoms with Crippen LogP contribution in [0.1, 0.15) is 62.1 Å². The van der Waals surface area contributed by atoms with Crippen molar-refractivity contribution in [1.29, 1.82) is 0 Å². The first kappa shape index (κ1) is 23.3. The van der Waals surface area contributed by atoms with Crippen LogP contribution in [0, 0.1) is 17.7 Å². The van der Waals surface area contributed by atoms with Gasteiger partial charge in [0.1, 0.15) is 18.2 Å². The number of benzene rings is 2. The van der Waals surface area contributed by atoms with E-state index in [9.17, 15) is 14.0 Å². The average Bonchev–Trinajstić information content (AvgIpc) is 3.55. The zero-order chi connectivity index (χ0) is 25.0. The molecular formula is C29H33FN2O4. The molecule has 0 N–H and O–H groups in total. The van der Waals surface area contributed by atoms with Crippen molar-refractivity contribution in [3.05, 3.63) is 58.9 Å². The maximum absolute atomic E-state index is 14.7. The van der Waals surface area contributed by atoms with Crippen molar-refractivity contribution in [2.75, 3.05) is 18.1 Å². The van der Waals surface area contributed by atoms with E-state index >= 15 is 0 Å². The molecule has 4 aliphatic rings. The van der Waals surface area contributed by atoms with Crippen molar-refractivity contribution >= 4 is 17.7 Å². The van der Waals surface area contributed by atoms with E-state index in [0.29, 0.717) is 12.2 Å². The van der Waals surface area contributed by atoms with E-state index in [1.54, 1.807) is 6.07 Å². The Hall–Kier alpha value is -3.09. The summed E-state index contributed by atoms with van der Waals surface area (Å²) in [7, 11) is 0. The SMILES string of the molecule is CC(C)[C@H]1COC(=O)N1C(=O)[C@H]1C[C@@H]1c1ccc2c(c1)CCN(c1cc(OC3CCC3)ccc1F)C2. The van der Waals surface area contributed by atoms with Crippen LogP contribution in [0.3, 0.4) is 0 Å². The molecule has 2 aliphatic carbocycles. The number of anilines is 1. The fraction of sp³-hybridized carbons (Fsp3) is 0.517. The standard InChI is InChI=1S/C29H33FN2O4/c1-17(2)27-16-35-29(34)32(27)28(33)24-14-23(24)19-6-7-20-15-31(11-10-18(20)12-19)26-13-22(8-9-25(26)30)36-21-4-3-5-21/h6-9,12-13,17,21,23-24,27H,3-5,10-11,14-16H2,1-2H3/t23-,24+,27-/m1/s1. The maximum Gasteiger partial charge on any atom is 0.416 e. The van der Waals surface area contributed by atoms with Gasteiger partial charge >= 0.3 is 6.09 Å². The van der Waals surface area contributed by atoms with Crippen LogP contribution in [0.2, 0.25) is 0 Å². The number of hydrogen-bond donors (Lipinski definition) is 0. The molecule has 0 radical (unpaired) electrons. The molecule has 7 heteroatoms. The Morgan fingerprint density at radius 2 is 1.97 bits per heavy atom. The minimum absolute atomic E-state index is 0.107. The van der Waals surface area contributed by atoms with E-state index in [0.717, 1.165) is 43.5 Å². The minimum Gasteiger partial charge on any atom is -0.490 e. The molecule has 6 nitrogen and oxygen atoms in total. The summed E-state index contributed by atoms with van der Waals surface area (Å²) >= 11 is 0. The molecule has 2 aliphatic heterocycles. The number of fused-ring (bicyclic) bond motifs is 1. The summed E-state index contributed by atoms with van der Waals surface area (Å²) in [6, 6.07) is 11.3. The van der Waals surface area contributed by atoms with E-state index in [1.807, 2.05) is 19.9 Å². The van der Waals surface area contributed by atoms with E-state index in [4.69, 9.17) is 9.47 Å². The van der Waals surface area contributed by atoms with Gasteiger partial charge in [-0.15, -0.1) is 0 Å². The number of carbonyl (C=O) groups is 2. The molecule has 0 spiro atoms. The molecule has 36 heavy (non-hydrogen) atoms. The van der Waals surface area contributed by atoms with Crippen molar-refractivity contribution in [2.45, 2.75) is 70.6 Å². The van der Waals surface area contributed by atoms with Crippen molar-refractivity contribution in [3.63, 3.8) is 0 Å². The number of halogens is 1. The number of hydrogen-bond acceptors (Lipinski definition) is 5. The molecule has 2 aromatic rings. The van der Waals surface area contributed by atoms with Gasteiger partial charge in [-0.3, -0.25) is 4.79 Å². The predicted molar refractivity (Wildman–Crippen MR) is 134 cm³/mol. The van der Waals surface area contributed by atoms with Gasteiger partial charge in [-0.05, 0) is 72.8 Å². The third-order valence-electron chi connectivity index (χ3n) is 8.30. The van der Waals surface area contributed by atoms with Crippen LogP contribution >= 0.6 is 0 Å². The third-order valence-corrected chi connectivity index (χ3v) is 8.30. The Kier molecular flexibility index (Phi) is 5.89. The van der Waals surface area contributed by atoms with Gasteiger partial charge in [-0.25, -0.2) is 14.1 Å². The van der Waals surface area contributed by atoms with Crippen LogP contribution in [0.25, 0.3) is 0 Å². The second kappa shape index (κ2) is 9.09. The summed E-state index contributed by atoms with van der Waals surface area (Å²) in [6.45, 7) is 5.66. The molecule has 0 bridgehead atoms. The zero-order valence-electron chi connectivity index (χ0n) is 20.9. The van der Waals surface area contributed by atoms with E-state index in [1.165, 1.54) is 28.5 Å². The molecule has 1 saturated heterocycles. The fourth-order valence-electron chi connectivity index (χ4n) is 5.69. The van der Waals surface area contributed by atoms with Crippen molar-refractivity contribution < 1.29 is 23.5 Å². The first-order chi connectivity index (χ1) is 17.4. The molecular weight excluding hydrogens is 459 g/mol. The monoisotopic (exact) mass is 492 g/mol. The average molecular weight is 493 g/mol. The van der Waals surface area contributed by atoms with E-state index < -0.39 is 6.09 Å². The van der Waals surface area contributed by atoms with Gasteiger partial charge in [0.2, 0.25) is 5.91 Å². The quantitative estimate of drug-likeness (QED) is 0.539. The second-order valence-electron chi connectivity index (χ2n) is 11.0. The van der Waals surface area contributed by atoms with Gasteiger partial charge < -0.3 is 14.4 Å². The summed E-state index contributed by atoms with van der Waals surface area (Å²) in [5.41, 5.74) is 4.17. The lowest BCUT2D eigenvalue weighted by Gasteiger charge is -2.32. The molecule has 0 aromatic heterocycles. The lowest BCUT2D eigenvalue weighted by molar-refractivity contribution is -0.131. The first-order valence-electron chi connectivity index (χ1n) is 13.2. The molecule has 3 fully saturated rings. The third kappa shape index (κ3) is 4.22. The van der Waals surface area contributed by atoms with Gasteiger partial charge in [0.15, 0.2) is 0 Å². The Morgan fingerprint density at radius 1 is 1.14 bits per heavy atom. The minimum atomic E-state index is -0.510. The second-order valence-corrected chi connectivity index (χ2v) is 11.0. The van der Waals surface area contributed by atoms with Crippen LogP contribution in [0.5, 0.6) is 5.75 Å². The number of cyclic esters (lactones) is 1. The molecule has 2 heterocycles. The van der Waals surface area contributed by atoms with Crippen molar-refractivity contribution in [1.82, 2.24) is 4.90 Å². The largest absolute Gasteiger partial charge is 0.490 e. The van der Waals surface area contributed by atoms with Gasteiger partial charge in [0, 0.05) is 25.1 Å². The van der Waals surface area contributed by atoms with Gasteiger partial charge in [0.05, 0.1) is 17.8 Å². The number of carbonyl (C=O) groups excluding carboxylic acids is 2. The van der Waals surface area contributed by atoms with Crippen LogP contribution in [-0.4, -0.2) is 42.2 Å². The van der Waals surface area contributed by atoms with Crippen LogP contribution < -0.4 is 9.64 Å². The van der Waals surface area contributed by atoms with Crippen LogP contribution in [0.4, 0.5) is 14.9 Å². The number of ether oxygens (including phenoxy) is 2. The molecule has 3 atom stereocenters. The summed E-state index contributed by atoms with van der Waals surface area (Å²) in [5, 5.41) is 0. The summed E-state index contributed by atoms with van der Waals surface area (Å²) < 4.78 is 25.9. The summed E-state index contributed by atoms with van der Waals surface area (Å²) in [4.78, 5) is 28.8. The van der Waals surface area contributed by atoms with E-state index in [-0.39, 0.29) is 48.2 Å². The summed E-state index contributed by atoms with van der Waals surface area (Å²) in [6.07, 6.45) is 4.66. The first-order valence-corrected chi connectivity index (χ1v) is 13.2. The van der Waals surface area contributed by atoms with E-state index in [2.05, 4.69) is 23.1 Å². The predicted octanol–water partition coefficient (Wildman–Crippen LogP) is 5.43. The molecule has 2 aromatic carbocycles. The van der Waals surface area contributed by atoms with Gasteiger partial charge in [-0.1, -0.05) is 32.0 Å². The Bertz CT molecular complexity index is 1190. The topological polar surface area (TPSA) is 59.1 Å². The smallest absolute Gasteiger partial charge is 0.416 e. The van der Waals surface area contributed by atoms with Crippen LogP contribution in [0.15, 0.2) is 36.4 Å². The maximum atomic E-state index is 14.7. The molecule has 6 rings (SSSR count). The Balaban J connectivity index is 1.14. The fourth-order valence-corrected chi connectivity index (χ4v) is 5.69. The number of imide groups is 1. The highest BCUT2D eigenvalue weighted by molar-refractivity contribution is 5.96. The normalized spacial score (nSPS) is 25.4. The lowest BCUT2D eigenvalue weighted by atomic mass is 9.94. The molecule has 0 unspecified atom stereocenters. The van der Waals surface area contributed by atoms with Crippen molar-refractivity contribution in [2.24, 2.45) is 11.8 Å². The number of rotatable bonds is 6. The highest BCUT2D eigenvalue weighted by atomic mass is 19.1. The molecule has 190 valence electrons. The highest BCUT2D eigenvalue weighted by Gasteiger charge is 2.51. The number of nitrogens with zero attached hydrogens (tertiary/aromatic N) is 2. The summed E-state index contributed by atoms with van der Waals surface area (Å²) in [5.74, 6) is 0.547. The Morgan fingerprint density at radius 3 is 2.72 bits per heavy atom. The molecule has 2 saturated carbocycles. The lowest BCUT2D eigenvalue weighted by Crippen LogP contribution is -2.42. The number of amides is 2. The molecule has 2 amide bonds. The highest BCUT2D eigenvalue weighted by Crippen LogP contribution is 2.50.